The lowest BCUT2D eigenvalue weighted by Gasteiger charge is -1.97. The summed E-state index contributed by atoms with van der Waals surface area (Å²) in [6.07, 6.45) is 0.412. The van der Waals surface area contributed by atoms with Crippen molar-refractivity contribution >= 4 is 24.4 Å². The Bertz CT molecular complexity index is 271. The van der Waals surface area contributed by atoms with Crippen molar-refractivity contribution in [2.45, 2.75) is 13.3 Å². The van der Waals surface area contributed by atoms with Crippen molar-refractivity contribution in [2.24, 2.45) is 0 Å². The van der Waals surface area contributed by atoms with Gasteiger partial charge in [-0.15, -0.1) is 0 Å². The van der Waals surface area contributed by atoms with Crippen LogP contribution in [0.1, 0.15) is 12.1 Å². The number of nitrogens with one attached hydrogen (secondary N) is 2. The molecule has 1 amide bonds. The van der Waals surface area contributed by atoms with Gasteiger partial charge in [-0.3, -0.25) is 9.89 Å². The lowest BCUT2D eigenvalue weighted by atomic mass is 10.4. The Morgan fingerprint density at radius 3 is 3.08 bits per heavy atom. The van der Waals surface area contributed by atoms with E-state index in [-0.39, 0.29) is 5.91 Å². The molecule has 4 nitrogen and oxygen atoms in total. The summed E-state index contributed by atoms with van der Waals surface area (Å²) in [5.74, 6) is 1.06. The van der Waals surface area contributed by atoms with E-state index in [1.54, 1.807) is 6.07 Å². The molecule has 66 valence electrons. The maximum Gasteiger partial charge on any atom is 0.226 e. The quantitative estimate of drug-likeness (QED) is 0.615. The number of hydrogen-bond acceptors (Lipinski definition) is 3. The van der Waals surface area contributed by atoms with Crippen molar-refractivity contribution in [1.82, 2.24) is 10.2 Å². The summed E-state index contributed by atoms with van der Waals surface area (Å²) in [5, 5.41) is 9.22. The van der Waals surface area contributed by atoms with Crippen LogP contribution in [0.2, 0.25) is 0 Å². The minimum absolute atomic E-state index is 0.0588. The number of hydrogen-bond donors (Lipinski definition) is 3. The van der Waals surface area contributed by atoms with Crippen molar-refractivity contribution in [1.29, 1.82) is 0 Å². The zero-order chi connectivity index (χ0) is 8.97. The summed E-state index contributed by atoms with van der Waals surface area (Å²) >= 11 is 3.94. The SMILES string of the molecule is Cc1cc(NC(=O)CCS)n[nH]1. The second-order valence-corrected chi connectivity index (χ2v) is 2.91. The number of carbonyl (C=O) groups excluding carboxylic acids is 1. The monoisotopic (exact) mass is 185 g/mol. The normalized spacial score (nSPS) is 9.83. The topological polar surface area (TPSA) is 57.8 Å². The Labute approximate surface area is 76.2 Å². The Morgan fingerprint density at radius 2 is 2.58 bits per heavy atom. The van der Waals surface area contributed by atoms with E-state index < -0.39 is 0 Å². The molecule has 0 radical (unpaired) electrons. The largest absolute Gasteiger partial charge is 0.309 e. The summed E-state index contributed by atoms with van der Waals surface area (Å²) in [5.41, 5.74) is 0.927. The predicted octanol–water partition coefficient (Wildman–Crippen LogP) is 0.977. The third kappa shape index (κ3) is 2.58. The van der Waals surface area contributed by atoms with E-state index in [2.05, 4.69) is 28.1 Å². The number of aromatic amines is 1. The highest BCUT2D eigenvalue weighted by atomic mass is 32.1. The van der Waals surface area contributed by atoms with Crippen molar-refractivity contribution in [2.75, 3.05) is 11.1 Å². The fraction of sp³-hybridized carbons (Fsp3) is 0.429. The van der Waals surface area contributed by atoms with Crippen LogP contribution in [0, 0.1) is 6.92 Å². The van der Waals surface area contributed by atoms with E-state index in [1.807, 2.05) is 6.92 Å². The van der Waals surface area contributed by atoms with Gasteiger partial charge in [0.25, 0.3) is 0 Å². The molecule has 0 spiro atoms. The fourth-order valence-electron chi connectivity index (χ4n) is 0.789. The van der Waals surface area contributed by atoms with Gasteiger partial charge in [-0.05, 0) is 12.7 Å². The van der Waals surface area contributed by atoms with Crippen LogP contribution in [0.5, 0.6) is 0 Å². The van der Waals surface area contributed by atoms with Gasteiger partial charge < -0.3 is 5.32 Å². The molecule has 1 aromatic heterocycles. The highest BCUT2D eigenvalue weighted by Crippen LogP contribution is 2.03. The van der Waals surface area contributed by atoms with E-state index in [9.17, 15) is 4.79 Å². The molecule has 0 saturated heterocycles. The zero-order valence-electron chi connectivity index (χ0n) is 6.79. The van der Waals surface area contributed by atoms with Crippen LogP contribution in [0.15, 0.2) is 6.07 Å². The third-order valence-corrected chi connectivity index (χ3v) is 1.54. The first-order valence-electron chi connectivity index (χ1n) is 3.65. The summed E-state index contributed by atoms with van der Waals surface area (Å²) in [4.78, 5) is 11.0. The molecule has 0 saturated carbocycles. The second kappa shape index (κ2) is 4.15. The molecule has 0 aliphatic heterocycles. The molecule has 0 aliphatic rings. The molecule has 0 aromatic carbocycles. The molecule has 5 heteroatoms. The van der Waals surface area contributed by atoms with Gasteiger partial charge in [-0.25, -0.2) is 0 Å². The van der Waals surface area contributed by atoms with Crippen LogP contribution in [0.25, 0.3) is 0 Å². The van der Waals surface area contributed by atoms with Crippen LogP contribution >= 0.6 is 12.6 Å². The number of H-pyrrole nitrogens is 1. The summed E-state index contributed by atoms with van der Waals surface area (Å²) in [7, 11) is 0. The second-order valence-electron chi connectivity index (χ2n) is 2.46. The first-order chi connectivity index (χ1) is 5.72. The number of aromatic nitrogens is 2. The third-order valence-electron chi connectivity index (χ3n) is 1.31. The lowest BCUT2D eigenvalue weighted by Crippen LogP contribution is -2.11. The van der Waals surface area contributed by atoms with Crippen molar-refractivity contribution in [3.63, 3.8) is 0 Å². The van der Waals surface area contributed by atoms with Crippen molar-refractivity contribution in [3.05, 3.63) is 11.8 Å². The number of aryl methyl sites for hydroxylation is 1. The van der Waals surface area contributed by atoms with Gasteiger partial charge in [0.1, 0.15) is 0 Å². The van der Waals surface area contributed by atoms with Crippen LogP contribution in [0.4, 0.5) is 5.82 Å². The van der Waals surface area contributed by atoms with Crippen molar-refractivity contribution in [3.8, 4) is 0 Å². The fourth-order valence-corrected chi connectivity index (χ4v) is 0.992. The number of carbonyl (C=O) groups is 1. The molecule has 0 unspecified atom stereocenters. The van der Waals surface area contributed by atoms with Crippen molar-refractivity contribution < 1.29 is 4.79 Å². The molecular weight excluding hydrogens is 174 g/mol. The zero-order valence-corrected chi connectivity index (χ0v) is 7.69. The van der Waals surface area contributed by atoms with Gasteiger partial charge in [0.2, 0.25) is 5.91 Å². The number of rotatable bonds is 3. The van der Waals surface area contributed by atoms with E-state index in [0.717, 1.165) is 5.69 Å². The summed E-state index contributed by atoms with van der Waals surface area (Å²) < 4.78 is 0. The Morgan fingerprint density at radius 1 is 1.83 bits per heavy atom. The van der Waals surface area contributed by atoms with E-state index in [0.29, 0.717) is 18.0 Å². The average Bonchev–Trinajstić information content (AvgIpc) is 2.36. The van der Waals surface area contributed by atoms with E-state index in [4.69, 9.17) is 0 Å². The summed E-state index contributed by atoms with van der Waals surface area (Å²) in [6, 6.07) is 1.77. The molecular formula is C7H11N3OS. The minimum atomic E-state index is -0.0588. The Kier molecular flexibility index (Phi) is 3.16. The van der Waals surface area contributed by atoms with Gasteiger partial charge in [-0.1, -0.05) is 0 Å². The van der Waals surface area contributed by atoms with Gasteiger partial charge >= 0.3 is 0 Å². The smallest absolute Gasteiger partial charge is 0.226 e. The molecule has 1 rings (SSSR count). The first kappa shape index (κ1) is 9.12. The van der Waals surface area contributed by atoms with E-state index in [1.165, 1.54) is 0 Å². The number of amides is 1. The average molecular weight is 185 g/mol. The van der Waals surface area contributed by atoms with Gasteiger partial charge in [0.15, 0.2) is 5.82 Å². The molecule has 12 heavy (non-hydrogen) atoms. The van der Waals surface area contributed by atoms with Crippen LogP contribution < -0.4 is 5.32 Å². The molecule has 1 aromatic rings. The molecule has 1 heterocycles. The molecule has 0 atom stereocenters. The number of anilines is 1. The maximum absolute atomic E-state index is 11.0. The van der Waals surface area contributed by atoms with Crippen LogP contribution in [0.3, 0.4) is 0 Å². The Hall–Kier alpha value is -0.970. The minimum Gasteiger partial charge on any atom is -0.309 e. The molecule has 0 bridgehead atoms. The summed E-state index contributed by atoms with van der Waals surface area (Å²) in [6.45, 7) is 1.88. The van der Waals surface area contributed by atoms with Gasteiger partial charge in [0.05, 0.1) is 0 Å². The van der Waals surface area contributed by atoms with Crippen LogP contribution in [-0.4, -0.2) is 21.9 Å². The molecule has 2 N–H and O–H groups in total. The highest BCUT2D eigenvalue weighted by molar-refractivity contribution is 7.80. The lowest BCUT2D eigenvalue weighted by molar-refractivity contribution is -0.115. The maximum atomic E-state index is 11.0. The van der Waals surface area contributed by atoms with Crippen LogP contribution in [-0.2, 0) is 4.79 Å². The highest BCUT2D eigenvalue weighted by Gasteiger charge is 2.02. The first-order valence-corrected chi connectivity index (χ1v) is 4.28. The Balaban J connectivity index is 2.46. The predicted molar refractivity (Wildman–Crippen MR) is 50.4 cm³/mol. The van der Waals surface area contributed by atoms with Gasteiger partial charge in [0, 0.05) is 18.2 Å². The molecule has 0 fully saturated rings. The molecule has 0 aliphatic carbocycles. The standard InChI is InChI=1S/C7H11N3OS/c1-5-4-6(10-9-5)8-7(11)2-3-12/h4,12H,2-3H2,1H3,(H2,8,9,10,11). The number of nitrogens with zero attached hydrogens (tertiary/aromatic N) is 1. The van der Waals surface area contributed by atoms with E-state index >= 15 is 0 Å². The van der Waals surface area contributed by atoms with Gasteiger partial charge in [-0.2, -0.15) is 17.7 Å². The number of thiol groups is 1.